The number of anilines is 1. The maximum atomic E-state index is 12.8. The van der Waals surface area contributed by atoms with Gasteiger partial charge in [-0.25, -0.2) is 0 Å². The average Bonchev–Trinajstić information content (AvgIpc) is 2.96. The number of ether oxygens (including phenoxy) is 1. The second-order valence-corrected chi connectivity index (χ2v) is 6.62. The van der Waals surface area contributed by atoms with Gasteiger partial charge in [-0.05, 0) is 47.4 Å². The highest BCUT2D eigenvalue weighted by molar-refractivity contribution is 6.30. The van der Waals surface area contributed by atoms with Gasteiger partial charge in [0.1, 0.15) is 5.75 Å². The van der Waals surface area contributed by atoms with E-state index in [9.17, 15) is 4.79 Å². The Labute approximate surface area is 141 Å². The molecule has 1 aliphatic rings. The summed E-state index contributed by atoms with van der Waals surface area (Å²) >= 11 is 5.95. The summed E-state index contributed by atoms with van der Waals surface area (Å²) in [5, 5.41) is 3.71. The SMILES string of the molecule is CC(C)C(C(=O)Nc1ccc2c(c1)CCO2)c1ccc(Cl)cc1. The van der Waals surface area contributed by atoms with Crippen molar-refractivity contribution in [3.8, 4) is 5.75 Å². The molecule has 0 radical (unpaired) electrons. The molecule has 0 saturated heterocycles. The maximum absolute atomic E-state index is 12.8. The maximum Gasteiger partial charge on any atom is 0.232 e. The molecule has 3 nitrogen and oxygen atoms in total. The van der Waals surface area contributed by atoms with Crippen molar-refractivity contribution in [3.63, 3.8) is 0 Å². The van der Waals surface area contributed by atoms with Crippen molar-refractivity contribution >= 4 is 23.2 Å². The summed E-state index contributed by atoms with van der Waals surface area (Å²) in [6.07, 6.45) is 0.893. The van der Waals surface area contributed by atoms with Gasteiger partial charge < -0.3 is 10.1 Å². The van der Waals surface area contributed by atoms with Crippen molar-refractivity contribution in [2.24, 2.45) is 5.92 Å². The third kappa shape index (κ3) is 3.50. The first kappa shape index (κ1) is 15.9. The predicted molar refractivity (Wildman–Crippen MR) is 93.3 cm³/mol. The van der Waals surface area contributed by atoms with Gasteiger partial charge in [-0.15, -0.1) is 0 Å². The Morgan fingerprint density at radius 1 is 1.17 bits per heavy atom. The lowest BCUT2D eigenvalue weighted by atomic mass is 9.87. The lowest BCUT2D eigenvalue weighted by Gasteiger charge is -2.21. The normalized spacial score (nSPS) is 14.3. The minimum Gasteiger partial charge on any atom is -0.493 e. The van der Waals surface area contributed by atoms with Crippen LogP contribution in [0.1, 0.15) is 30.9 Å². The molecule has 1 atom stereocenters. The minimum atomic E-state index is -0.211. The van der Waals surface area contributed by atoms with E-state index in [1.54, 1.807) is 0 Å². The summed E-state index contributed by atoms with van der Waals surface area (Å²) in [5.74, 6) is 0.896. The zero-order valence-corrected chi connectivity index (χ0v) is 14.1. The van der Waals surface area contributed by atoms with Crippen LogP contribution in [0.3, 0.4) is 0 Å². The highest BCUT2D eigenvalue weighted by Crippen LogP contribution is 2.30. The Kier molecular flexibility index (Phi) is 4.58. The van der Waals surface area contributed by atoms with Crippen LogP contribution in [0.15, 0.2) is 42.5 Å². The zero-order chi connectivity index (χ0) is 16.4. The van der Waals surface area contributed by atoms with E-state index in [-0.39, 0.29) is 17.7 Å². The van der Waals surface area contributed by atoms with E-state index in [1.165, 1.54) is 0 Å². The molecular weight excluding hydrogens is 310 g/mol. The van der Waals surface area contributed by atoms with Gasteiger partial charge in [0.25, 0.3) is 0 Å². The molecule has 1 heterocycles. The number of carbonyl (C=O) groups is 1. The molecule has 0 spiro atoms. The van der Waals surface area contributed by atoms with Gasteiger partial charge in [0, 0.05) is 17.1 Å². The second kappa shape index (κ2) is 6.63. The summed E-state index contributed by atoms with van der Waals surface area (Å²) < 4.78 is 5.50. The van der Waals surface area contributed by atoms with Crippen molar-refractivity contribution in [2.75, 3.05) is 11.9 Å². The number of benzene rings is 2. The van der Waals surface area contributed by atoms with Crippen molar-refractivity contribution in [1.29, 1.82) is 0 Å². The molecule has 0 aliphatic carbocycles. The highest BCUT2D eigenvalue weighted by Gasteiger charge is 2.24. The first-order valence-electron chi connectivity index (χ1n) is 7.86. The van der Waals surface area contributed by atoms with Gasteiger partial charge >= 0.3 is 0 Å². The Hall–Kier alpha value is -2.00. The summed E-state index contributed by atoms with van der Waals surface area (Å²) in [7, 11) is 0. The van der Waals surface area contributed by atoms with Gasteiger partial charge in [0.2, 0.25) is 5.91 Å². The number of hydrogen-bond donors (Lipinski definition) is 1. The van der Waals surface area contributed by atoms with Crippen LogP contribution in [0, 0.1) is 5.92 Å². The van der Waals surface area contributed by atoms with Crippen LogP contribution in [-0.2, 0) is 11.2 Å². The Morgan fingerprint density at radius 2 is 1.91 bits per heavy atom. The van der Waals surface area contributed by atoms with E-state index in [0.717, 1.165) is 29.0 Å². The second-order valence-electron chi connectivity index (χ2n) is 6.18. The van der Waals surface area contributed by atoms with E-state index < -0.39 is 0 Å². The van der Waals surface area contributed by atoms with Gasteiger partial charge in [0.15, 0.2) is 0 Å². The monoisotopic (exact) mass is 329 g/mol. The molecule has 0 saturated carbocycles. The smallest absolute Gasteiger partial charge is 0.232 e. The Balaban J connectivity index is 1.80. The molecule has 1 amide bonds. The topological polar surface area (TPSA) is 38.3 Å². The summed E-state index contributed by atoms with van der Waals surface area (Å²) in [6, 6.07) is 13.3. The summed E-state index contributed by atoms with van der Waals surface area (Å²) in [6.45, 7) is 4.82. The van der Waals surface area contributed by atoms with E-state index >= 15 is 0 Å². The number of halogens is 1. The van der Waals surface area contributed by atoms with Gasteiger partial charge in [0.05, 0.1) is 12.5 Å². The van der Waals surface area contributed by atoms with Crippen LogP contribution in [0.25, 0.3) is 0 Å². The molecule has 23 heavy (non-hydrogen) atoms. The zero-order valence-electron chi connectivity index (χ0n) is 13.3. The fourth-order valence-corrected chi connectivity index (χ4v) is 3.12. The van der Waals surface area contributed by atoms with Crippen molar-refractivity contribution in [1.82, 2.24) is 0 Å². The fraction of sp³-hybridized carbons (Fsp3) is 0.316. The van der Waals surface area contributed by atoms with Crippen LogP contribution in [-0.4, -0.2) is 12.5 Å². The molecule has 0 bridgehead atoms. The van der Waals surface area contributed by atoms with Crippen LogP contribution >= 0.6 is 11.6 Å². The van der Waals surface area contributed by atoms with Crippen LogP contribution in [0.5, 0.6) is 5.75 Å². The quantitative estimate of drug-likeness (QED) is 0.886. The molecule has 4 heteroatoms. The molecular formula is C19H20ClNO2. The molecule has 120 valence electrons. The molecule has 1 aliphatic heterocycles. The molecule has 2 aromatic rings. The highest BCUT2D eigenvalue weighted by atomic mass is 35.5. The lowest BCUT2D eigenvalue weighted by molar-refractivity contribution is -0.118. The van der Waals surface area contributed by atoms with E-state index in [2.05, 4.69) is 19.2 Å². The molecule has 1 unspecified atom stereocenters. The first-order chi connectivity index (χ1) is 11.0. The van der Waals surface area contributed by atoms with E-state index in [1.807, 2.05) is 42.5 Å². The number of fused-ring (bicyclic) bond motifs is 1. The lowest BCUT2D eigenvalue weighted by Crippen LogP contribution is -2.25. The van der Waals surface area contributed by atoms with Crippen molar-refractivity contribution in [3.05, 3.63) is 58.6 Å². The number of carbonyl (C=O) groups excluding carboxylic acids is 1. The molecule has 1 N–H and O–H groups in total. The summed E-state index contributed by atoms with van der Waals surface area (Å²) in [4.78, 5) is 12.8. The minimum absolute atomic E-state index is 0.00110. The Bertz CT molecular complexity index is 710. The molecule has 0 aromatic heterocycles. The fourth-order valence-electron chi connectivity index (χ4n) is 2.99. The Morgan fingerprint density at radius 3 is 2.61 bits per heavy atom. The number of nitrogens with one attached hydrogen (secondary N) is 1. The number of hydrogen-bond acceptors (Lipinski definition) is 2. The van der Waals surface area contributed by atoms with Gasteiger partial charge in [-0.3, -0.25) is 4.79 Å². The number of amides is 1. The third-order valence-corrected chi connectivity index (χ3v) is 4.39. The van der Waals surface area contributed by atoms with Crippen molar-refractivity contribution in [2.45, 2.75) is 26.2 Å². The van der Waals surface area contributed by atoms with Gasteiger partial charge in [-0.2, -0.15) is 0 Å². The van der Waals surface area contributed by atoms with Crippen molar-refractivity contribution < 1.29 is 9.53 Å². The number of rotatable bonds is 4. The van der Waals surface area contributed by atoms with Crippen LogP contribution < -0.4 is 10.1 Å². The van der Waals surface area contributed by atoms with Crippen LogP contribution in [0.2, 0.25) is 5.02 Å². The largest absolute Gasteiger partial charge is 0.493 e. The van der Waals surface area contributed by atoms with Crippen LogP contribution in [0.4, 0.5) is 5.69 Å². The third-order valence-electron chi connectivity index (χ3n) is 4.14. The molecule has 0 fully saturated rings. The molecule has 3 rings (SSSR count). The van der Waals surface area contributed by atoms with E-state index in [4.69, 9.17) is 16.3 Å². The van der Waals surface area contributed by atoms with Gasteiger partial charge in [-0.1, -0.05) is 37.6 Å². The first-order valence-corrected chi connectivity index (χ1v) is 8.24. The standard InChI is InChI=1S/C19H20ClNO2/c1-12(2)18(13-3-5-15(20)6-4-13)19(22)21-16-7-8-17-14(11-16)9-10-23-17/h3-8,11-12,18H,9-10H2,1-2H3,(H,21,22). The van der Waals surface area contributed by atoms with E-state index in [0.29, 0.717) is 11.6 Å². The summed E-state index contributed by atoms with van der Waals surface area (Å²) in [5.41, 5.74) is 2.95. The predicted octanol–water partition coefficient (Wildman–Crippen LogP) is 4.65. The molecule has 2 aromatic carbocycles. The average molecular weight is 330 g/mol.